The van der Waals surface area contributed by atoms with Crippen molar-refractivity contribution in [2.45, 2.75) is 25.7 Å². The highest BCUT2D eigenvalue weighted by atomic mass is 127. The number of benzene rings is 1. The smallest absolute Gasteiger partial charge is 0.255 e. The number of carbonyl (C=O) groups is 3. The van der Waals surface area contributed by atoms with Gasteiger partial charge in [-0.05, 0) is 58.9 Å². The molecule has 0 bridgehead atoms. The zero-order chi connectivity index (χ0) is 23.9. The first-order valence-corrected chi connectivity index (χ1v) is 11.1. The standard InChI is InChI=1S/C22H25IN2O7/c1-25(2)13-7-12(23)20(30)18-11(13)6-10(17(21(18)31)16(29)8-26)3-9-4-14(27)19(22(24)32)15(28)5-9/h7,9-10,26-27,30-31H,3-6,8H2,1-2H3,(H2,24,32)/t9-,10+/m0/s1. The molecule has 1 amide bonds. The molecule has 0 aromatic heterocycles. The molecule has 0 fully saturated rings. The maximum absolute atomic E-state index is 12.6. The van der Waals surface area contributed by atoms with Gasteiger partial charge in [0.25, 0.3) is 5.91 Å². The van der Waals surface area contributed by atoms with Crippen LogP contribution in [0.15, 0.2) is 23.0 Å². The van der Waals surface area contributed by atoms with Gasteiger partial charge >= 0.3 is 0 Å². The van der Waals surface area contributed by atoms with Gasteiger partial charge in [0, 0.05) is 38.2 Å². The van der Waals surface area contributed by atoms with Gasteiger partial charge in [-0.2, -0.15) is 0 Å². The number of hydrogen-bond donors (Lipinski definition) is 5. The van der Waals surface area contributed by atoms with Crippen LogP contribution in [0.25, 0.3) is 5.76 Å². The number of anilines is 1. The van der Waals surface area contributed by atoms with Gasteiger partial charge < -0.3 is 31.1 Å². The van der Waals surface area contributed by atoms with Gasteiger partial charge in [-0.15, -0.1) is 0 Å². The summed E-state index contributed by atoms with van der Waals surface area (Å²) < 4.78 is 0.498. The Hall–Kier alpha value is -2.60. The molecule has 0 radical (unpaired) electrons. The summed E-state index contributed by atoms with van der Waals surface area (Å²) in [5.41, 5.74) is 6.33. The molecular formula is C22H25IN2O7. The van der Waals surface area contributed by atoms with Crippen LogP contribution in [0.5, 0.6) is 5.75 Å². The van der Waals surface area contributed by atoms with Gasteiger partial charge in [0.15, 0.2) is 11.6 Å². The van der Waals surface area contributed by atoms with Crippen molar-refractivity contribution in [2.75, 3.05) is 25.6 Å². The number of Topliss-reactive ketones (excluding diaryl/α,β-unsaturated/α-hetero) is 2. The largest absolute Gasteiger partial charge is 0.511 e. The number of nitrogens with two attached hydrogens (primary N) is 1. The summed E-state index contributed by atoms with van der Waals surface area (Å²) in [5.74, 6) is -4.10. The SMILES string of the molecule is CN(C)c1cc(I)c(O)c2c1C[C@@H](C[C@@H]1CC(=O)C(C(N)=O)=C(O)C1)C(C(=O)CO)=C2O. The Morgan fingerprint density at radius 3 is 2.38 bits per heavy atom. The molecule has 6 N–H and O–H groups in total. The minimum atomic E-state index is -0.980. The quantitative estimate of drug-likeness (QED) is 0.262. The van der Waals surface area contributed by atoms with E-state index < -0.39 is 47.2 Å². The van der Waals surface area contributed by atoms with Gasteiger partial charge in [0.05, 0.1) is 9.13 Å². The minimum absolute atomic E-state index is 0.0152. The summed E-state index contributed by atoms with van der Waals surface area (Å²) in [4.78, 5) is 38.2. The molecule has 0 aliphatic heterocycles. The number of aliphatic hydroxyl groups excluding tert-OH is 3. The fourth-order valence-electron chi connectivity index (χ4n) is 4.67. The average Bonchev–Trinajstić information content (AvgIpc) is 2.69. The van der Waals surface area contributed by atoms with Crippen LogP contribution in [0.2, 0.25) is 0 Å². The molecule has 2 aliphatic rings. The molecule has 0 saturated carbocycles. The van der Waals surface area contributed by atoms with Crippen LogP contribution in [-0.2, 0) is 20.8 Å². The summed E-state index contributed by atoms with van der Waals surface area (Å²) in [5, 5.41) is 41.3. The number of carbonyl (C=O) groups excluding carboxylic acids is 3. The number of rotatable bonds is 6. The molecule has 1 aromatic carbocycles. The molecule has 0 saturated heterocycles. The van der Waals surface area contributed by atoms with Gasteiger partial charge in [0.2, 0.25) is 0 Å². The number of aliphatic hydroxyl groups is 3. The van der Waals surface area contributed by atoms with Crippen LogP contribution < -0.4 is 10.6 Å². The second-order valence-corrected chi connectivity index (χ2v) is 9.50. The van der Waals surface area contributed by atoms with E-state index in [4.69, 9.17) is 5.73 Å². The average molecular weight is 556 g/mol. The van der Waals surface area contributed by atoms with Crippen LogP contribution in [-0.4, -0.2) is 58.6 Å². The second-order valence-electron chi connectivity index (χ2n) is 8.34. The number of fused-ring (bicyclic) bond motifs is 1. The molecular weight excluding hydrogens is 531 g/mol. The molecule has 9 nitrogen and oxygen atoms in total. The van der Waals surface area contributed by atoms with E-state index in [9.17, 15) is 34.8 Å². The highest BCUT2D eigenvalue weighted by Gasteiger charge is 2.39. The van der Waals surface area contributed by atoms with E-state index in [1.165, 1.54) is 0 Å². The van der Waals surface area contributed by atoms with Gasteiger partial charge in [0.1, 0.15) is 29.4 Å². The zero-order valence-corrected chi connectivity index (χ0v) is 19.8. The van der Waals surface area contributed by atoms with E-state index >= 15 is 0 Å². The van der Waals surface area contributed by atoms with Crippen LogP contribution >= 0.6 is 22.6 Å². The van der Waals surface area contributed by atoms with Crippen LogP contribution in [0.3, 0.4) is 0 Å². The first-order valence-electron chi connectivity index (χ1n) is 10.0. The Morgan fingerprint density at radius 2 is 1.84 bits per heavy atom. The predicted molar refractivity (Wildman–Crippen MR) is 125 cm³/mol. The number of aromatic hydroxyl groups is 1. The lowest BCUT2D eigenvalue weighted by Gasteiger charge is -2.33. The predicted octanol–water partition coefficient (Wildman–Crippen LogP) is 1.73. The number of allylic oxidation sites excluding steroid dienone is 1. The van der Waals surface area contributed by atoms with Gasteiger partial charge in [-0.25, -0.2) is 0 Å². The lowest BCUT2D eigenvalue weighted by atomic mass is 9.72. The second kappa shape index (κ2) is 9.10. The van der Waals surface area contributed by atoms with E-state index in [0.717, 1.165) is 5.69 Å². The van der Waals surface area contributed by atoms with E-state index in [2.05, 4.69) is 0 Å². The third-order valence-corrected chi connectivity index (χ3v) is 6.82. The first kappa shape index (κ1) is 24.1. The molecule has 0 unspecified atom stereocenters. The van der Waals surface area contributed by atoms with Crippen molar-refractivity contribution < 1.29 is 34.8 Å². The Balaban J connectivity index is 2.07. The topological polar surface area (TPSA) is 161 Å². The van der Waals surface area contributed by atoms with Crippen LogP contribution in [0.4, 0.5) is 5.69 Å². The maximum Gasteiger partial charge on any atom is 0.255 e. The zero-order valence-electron chi connectivity index (χ0n) is 17.7. The fraction of sp³-hybridized carbons (Fsp3) is 0.409. The van der Waals surface area contributed by atoms with E-state index in [1.54, 1.807) is 6.07 Å². The summed E-state index contributed by atoms with van der Waals surface area (Å²) in [6.45, 7) is -0.822. The fourth-order valence-corrected chi connectivity index (χ4v) is 5.24. The highest BCUT2D eigenvalue weighted by Crippen LogP contribution is 2.47. The summed E-state index contributed by atoms with van der Waals surface area (Å²) in [7, 11) is 3.64. The van der Waals surface area contributed by atoms with Crippen molar-refractivity contribution in [3.05, 3.63) is 37.7 Å². The molecule has 172 valence electrons. The third-order valence-electron chi connectivity index (χ3n) is 6.00. The van der Waals surface area contributed by atoms with Gasteiger partial charge in [-0.1, -0.05) is 0 Å². The Kier molecular flexibility index (Phi) is 6.84. The Labute approximate surface area is 198 Å². The number of ketones is 2. The van der Waals surface area contributed by atoms with E-state index in [-0.39, 0.29) is 48.3 Å². The number of nitrogens with zero attached hydrogens (tertiary/aromatic N) is 1. The molecule has 0 heterocycles. The number of primary amides is 1. The molecule has 0 spiro atoms. The molecule has 2 atom stereocenters. The van der Waals surface area contributed by atoms with Crippen molar-refractivity contribution in [3.63, 3.8) is 0 Å². The van der Waals surface area contributed by atoms with Crippen molar-refractivity contribution >= 4 is 51.5 Å². The van der Waals surface area contributed by atoms with Crippen molar-refractivity contribution in [2.24, 2.45) is 17.6 Å². The van der Waals surface area contributed by atoms with Crippen molar-refractivity contribution in [3.8, 4) is 5.75 Å². The third kappa shape index (κ3) is 4.20. The van der Waals surface area contributed by atoms with E-state index in [0.29, 0.717) is 9.13 Å². The first-order chi connectivity index (χ1) is 15.0. The summed E-state index contributed by atoms with van der Waals surface area (Å²) in [6.07, 6.45) is 0.515. The number of phenolic OH excluding ortho intramolecular Hbond substituents is 1. The Morgan fingerprint density at radius 1 is 1.19 bits per heavy atom. The molecule has 32 heavy (non-hydrogen) atoms. The number of amides is 1. The lowest BCUT2D eigenvalue weighted by Crippen LogP contribution is -2.32. The summed E-state index contributed by atoms with van der Waals surface area (Å²) >= 11 is 1.94. The van der Waals surface area contributed by atoms with Crippen LogP contribution in [0.1, 0.15) is 30.4 Å². The maximum atomic E-state index is 12.6. The van der Waals surface area contributed by atoms with Crippen LogP contribution in [0, 0.1) is 15.4 Å². The Bertz CT molecular complexity index is 1070. The number of halogens is 1. The van der Waals surface area contributed by atoms with E-state index in [1.807, 2.05) is 41.6 Å². The molecule has 1 aromatic rings. The number of phenols is 1. The van der Waals surface area contributed by atoms with Gasteiger partial charge in [-0.3, -0.25) is 14.4 Å². The van der Waals surface area contributed by atoms with Crippen molar-refractivity contribution in [1.82, 2.24) is 0 Å². The summed E-state index contributed by atoms with van der Waals surface area (Å²) in [6, 6.07) is 1.77. The minimum Gasteiger partial charge on any atom is -0.511 e. The monoisotopic (exact) mass is 556 g/mol. The molecule has 2 aliphatic carbocycles. The molecule has 3 rings (SSSR count). The highest BCUT2D eigenvalue weighted by molar-refractivity contribution is 14.1. The van der Waals surface area contributed by atoms with Crippen molar-refractivity contribution in [1.29, 1.82) is 0 Å². The normalized spacial score (nSPS) is 20.9. The lowest BCUT2D eigenvalue weighted by molar-refractivity contribution is -0.122. The number of hydrogen-bond acceptors (Lipinski definition) is 8. The molecule has 10 heteroatoms.